The summed E-state index contributed by atoms with van der Waals surface area (Å²) in [6.45, 7) is 2.08. The summed E-state index contributed by atoms with van der Waals surface area (Å²) in [7, 11) is 2.21. The van der Waals surface area contributed by atoms with Crippen LogP contribution in [0.2, 0.25) is 0 Å². The molecule has 114 valence electrons. The maximum Gasteiger partial charge on any atom is 0.343 e. The van der Waals surface area contributed by atoms with Crippen LogP contribution in [0.5, 0.6) is 0 Å². The van der Waals surface area contributed by atoms with E-state index in [1.807, 2.05) is 0 Å². The van der Waals surface area contributed by atoms with Gasteiger partial charge < -0.3 is 15.4 Å². The van der Waals surface area contributed by atoms with Crippen LogP contribution in [-0.4, -0.2) is 46.6 Å². The first-order chi connectivity index (χ1) is 10.1. The van der Waals surface area contributed by atoms with Gasteiger partial charge in [0.05, 0.1) is 6.61 Å². The van der Waals surface area contributed by atoms with E-state index < -0.39 is 5.97 Å². The number of piperidine rings is 1. The van der Waals surface area contributed by atoms with E-state index in [1.54, 1.807) is 6.92 Å². The Morgan fingerprint density at radius 3 is 2.67 bits per heavy atom. The second-order valence-corrected chi connectivity index (χ2v) is 5.97. The van der Waals surface area contributed by atoms with Gasteiger partial charge >= 0.3 is 5.97 Å². The van der Waals surface area contributed by atoms with Crippen molar-refractivity contribution in [3.63, 3.8) is 0 Å². The molecule has 2 aliphatic rings. The summed E-state index contributed by atoms with van der Waals surface area (Å²) in [6, 6.07) is 1.26. The molecular weight excluding hydrogens is 268 g/mol. The first-order valence-corrected chi connectivity index (χ1v) is 7.61. The van der Waals surface area contributed by atoms with Crippen LogP contribution in [-0.2, 0) is 4.74 Å². The van der Waals surface area contributed by atoms with Gasteiger partial charge in [-0.05, 0) is 39.7 Å². The average Bonchev–Trinajstić information content (AvgIpc) is 2.69. The molecule has 0 radical (unpaired) electrons. The highest BCUT2D eigenvalue weighted by molar-refractivity contribution is 5.93. The molecule has 3 heterocycles. The molecule has 0 amide bonds. The number of nitrogens with zero attached hydrogens (tertiary/aromatic N) is 3. The van der Waals surface area contributed by atoms with Gasteiger partial charge in [-0.15, -0.1) is 0 Å². The van der Waals surface area contributed by atoms with Gasteiger partial charge in [0.2, 0.25) is 0 Å². The number of fused-ring (bicyclic) bond motifs is 2. The van der Waals surface area contributed by atoms with E-state index in [2.05, 4.69) is 21.9 Å². The Balaban J connectivity index is 1.78. The highest BCUT2D eigenvalue weighted by Gasteiger charge is 2.39. The fourth-order valence-electron chi connectivity index (χ4n) is 3.59. The second kappa shape index (κ2) is 5.60. The molecule has 2 aliphatic heterocycles. The number of rotatable bonds is 3. The Hall–Kier alpha value is -1.69. The van der Waals surface area contributed by atoms with Gasteiger partial charge in [0.25, 0.3) is 0 Å². The van der Waals surface area contributed by atoms with Crippen molar-refractivity contribution in [1.29, 1.82) is 0 Å². The lowest BCUT2D eigenvalue weighted by atomic mass is 9.90. The van der Waals surface area contributed by atoms with Crippen molar-refractivity contribution in [3.05, 3.63) is 17.6 Å². The predicted molar refractivity (Wildman–Crippen MR) is 78.9 cm³/mol. The van der Waals surface area contributed by atoms with E-state index in [-0.39, 0.29) is 11.4 Å². The molecule has 2 saturated heterocycles. The first kappa shape index (κ1) is 14.3. The lowest BCUT2D eigenvalue weighted by Gasteiger charge is -2.35. The monoisotopic (exact) mass is 290 g/mol. The zero-order chi connectivity index (χ0) is 15.0. The van der Waals surface area contributed by atoms with E-state index in [0.717, 1.165) is 18.7 Å². The molecule has 2 N–H and O–H groups in total. The van der Waals surface area contributed by atoms with E-state index in [0.29, 0.717) is 24.6 Å². The molecule has 0 spiro atoms. The minimum atomic E-state index is -0.454. The van der Waals surface area contributed by atoms with Gasteiger partial charge in [-0.1, -0.05) is 0 Å². The predicted octanol–water partition coefficient (Wildman–Crippen LogP) is 1.58. The molecule has 6 heteroatoms. The van der Waals surface area contributed by atoms with Crippen LogP contribution in [0.25, 0.3) is 0 Å². The second-order valence-electron chi connectivity index (χ2n) is 5.97. The number of hydrogen-bond donors (Lipinski definition) is 1. The fourth-order valence-corrected chi connectivity index (χ4v) is 3.59. The highest BCUT2D eigenvalue weighted by Crippen LogP contribution is 2.41. The number of aromatic nitrogens is 2. The van der Waals surface area contributed by atoms with Crippen molar-refractivity contribution >= 4 is 11.8 Å². The third kappa shape index (κ3) is 2.60. The lowest BCUT2D eigenvalue weighted by Crippen LogP contribution is -2.39. The number of carbonyl (C=O) groups excluding carboxylic acids is 1. The largest absolute Gasteiger partial charge is 0.462 e. The molecule has 1 aromatic rings. The van der Waals surface area contributed by atoms with Crippen molar-refractivity contribution in [2.24, 2.45) is 0 Å². The lowest BCUT2D eigenvalue weighted by molar-refractivity contribution is 0.0526. The Kier molecular flexibility index (Phi) is 3.80. The Bertz CT molecular complexity index is 534. The van der Waals surface area contributed by atoms with Gasteiger partial charge in [0, 0.05) is 24.2 Å². The van der Waals surface area contributed by atoms with Crippen molar-refractivity contribution in [2.45, 2.75) is 50.6 Å². The number of nitrogen functional groups attached to an aromatic ring is 1. The molecule has 2 unspecified atom stereocenters. The number of esters is 1. The highest BCUT2D eigenvalue weighted by atomic mass is 16.5. The van der Waals surface area contributed by atoms with Gasteiger partial charge in [-0.2, -0.15) is 0 Å². The third-order valence-electron chi connectivity index (χ3n) is 4.80. The van der Waals surface area contributed by atoms with Crippen LogP contribution < -0.4 is 5.73 Å². The fraction of sp³-hybridized carbons (Fsp3) is 0.667. The third-order valence-corrected chi connectivity index (χ3v) is 4.80. The molecule has 21 heavy (non-hydrogen) atoms. The van der Waals surface area contributed by atoms with Crippen LogP contribution >= 0.6 is 0 Å². The summed E-state index contributed by atoms with van der Waals surface area (Å²) >= 11 is 0. The van der Waals surface area contributed by atoms with Gasteiger partial charge in [0.15, 0.2) is 0 Å². The van der Waals surface area contributed by atoms with Gasteiger partial charge in [-0.3, -0.25) is 0 Å². The first-order valence-electron chi connectivity index (χ1n) is 7.61. The zero-order valence-corrected chi connectivity index (χ0v) is 12.6. The standard InChI is InChI=1S/C15H22N4O2/c1-3-21-15(20)12-8-17-14(18-13(12)16)9-6-10-4-5-11(7-9)19(10)2/h8-11H,3-7H2,1-2H3,(H2,16,17,18). The summed E-state index contributed by atoms with van der Waals surface area (Å²) in [5.74, 6) is 0.887. The number of anilines is 1. The summed E-state index contributed by atoms with van der Waals surface area (Å²) in [4.78, 5) is 22.9. The Labute approximate surface area is 124 Å². The van der Waals surface area contributed by atoms with Crippen molar-refractivity contribution in [3.8, 4) is 0 Å². The normalized spacial score (nSPS) is 28.6. The van der Waals surface area contributed by atoms with Crippen LogP contribution in [0.1, 0.15) is 54.7 Å². The summed E-state index contributed by atoms with van der Waals surface area (Å²) in [5.41, 5.74) is 6.17. The topological polar surface area (TPSA) is 81.3 Å². The average molecular weight is 290 g/mol. The SMILES string of the molecule is CCOC(=O)c1cnc(C2CC3CCC(C2)N3C)nc1N. The zero-order valence-electron chi connectivity index (χ0n) is 12.6. The molecule has 2 bridgehead atoms. The Morgan fingerprint density at radius 2 is 2.10 bits per heavy atom. The maximum absolute atomic E-state index is 11.7. The number of hydrogen-bond acceptors (Lipinski definition) is 6. The van der Waals surface area contributed by atoms with Crippen molar-refractivity contribution in [2.75, 3.05) is 19.4 Å². The quantitative estimate of drug-likeness (QED) is 0.851. The van der Waals surface area contributed by atoms with Crippen LogP contribution in [0.15, 0.2) is 6.20 Å². The number of nitrogens with two attached hydrogens (primary N) is 1. The Morgan fingerprint density at radius 1 is 1.43 bits per heavy atom. The van der Waals surface area contributed by atoms with E-state index in [1.165, 1.54) is 19.0 Å². The van der Waals surface area contributed by atoms with Crippen molar-refractivity contribution in [1.82, 2.24) is 14.9 Å². The summed E-state index contributed by atoms with van der Waals surface area (Å²) in [5, 5.41) is 0. The molecule has 0 aromatic carbocycles. The molecule has 2 fully saturated rings. The van der Waals surface area contributed by atoms with E-state index in [9.17, 15) is 4.79 Å². The molecule has 0 saturated carbocycles. The van der Waals surface area contributed by atoms with E-state index >= 15 is 0 Å². The minimum absolute atomic E-state index is 0.227. The van der Waals surface area contributed by atoms with Gasteiger partial charge in [0.1, 0.15) is 17.2 Å². The van der Waals surface area contributed by atoms with Crippen LogP contribution in [0.3, 0.4) is 0 Å². The smallest absolute Gasteiger partial charge is 0.343 e. The maximum atomic E-state index is 11.7. The van der Waals surface area contributed by atoms with E-state index in [4.69, 9.17) is 10.5 Å². The van der Waals surface area contributed by atoms with Crippen LogP contribution in [0.4, 0.5) is 5.82 Å². The number of ether oxygens (including phenoxy) is 1. The molecular formula is C15H22N4O2. The summed E-state index contributed by atoms with van der Waals surface area (Å²) < 4.78 is 4.95. The summed E-state index contributed by atoms with van der Waals surface area (Å²) in [6.07, 6.45) is 6.17. The van der Waals surface area contributed by atoms with Crippen LogP contribution in [0, 0.1) is 0 Å². The molecule has 3 rings (SSSR count). The molecule has 1 aromatic heterocycles. The molecule has 6 nitrogen and oxygen atoms in total. The number of carbonyl (C=O) groups is 1. The molecule has 2 atom stereocenters. The van der Waals surface area contributed by atoms with Gasteiger partial charge in [-0.25, -0.2) is 14.8 Å². The minimum Gasteiger partial charge on any atom is -0.462 e. The molecule has 0 aliphatic carbocycles. The van der Waals surface area contributed by atoms with Crippen molar-refractivity contribution < 1.29 is 9.53 Å².